The Hall–Kier alpha value is -2.84. The summed E-state index contributed by atoms with van der Waals surface area (Å²) < 4.78 is 27.2. The van der Waals surface area contributed by atoms with E-state index in [0.29, 0.717) is 37.3 Å². The molecule has 2 amide bonds. The fourth-order valence-electron chi connectivity index (χ4n) is 3.32. The molecule has 0 bridgehead atoms. The average molecular weight is 416 g/mol. The van der Waals surface area contributed by atoms with Crippen molar-refractivity contribution in [3.8, 4) is 0 Å². The molecule has 2 N–H and O–H groups in total. The summed E-state index contributed by atoms with van der Waals surface area (Å²) in [4.78, 5) is 28.1. The van der Waals surface area contributed by atoms with Crippen LogP contribution >= 0.6 is 0 Å². The Labute approximate surface area is 174 Å². The fourth-order valence-corrected chi connectivity index (χ4v) is 3.32. The van der Waals surface area contributed by atoms with E-state index < -0.39 is 0 Å². The van der Waals surface area contributed by atoms with Crippen molar-refractivity contribution in [1.82, 2.24) is 20.4 Å². The first-order valence-electron chi connectivity index (χ1n) is 9.98. The lowest BCUT2D eigenvalue weighted by Gasteiger charge is -2.35. The first-order chi connectivity index (χ1) is 14.5. The largest absolute Gasteiger partial charge is 0.338 e. The fraction of sp³-hybridized carbons (Fsp3) is 0.364. The third-order valence-electron chi connectivity index (χ3n) is 5.08. The normalized spacial score (nSPS) is 14.1. The van der Waals surface area contributed by atoms with Crippen LogP contribution in [-0.2, 0) is 22.7 Å². The van der Waals surface area contributed by atoms with Gasteiger partial charge in [-0.1, -0.05) is 36.4 Å². The summed E-state index contributed by atoms with van der Waals surface area (Å²) in [6, 6.07) is 12.9. The highest BCUT2D eigenvalue weighted by molar-refractivity contribution is 5.80. The molecule has 1 aliphatic rings. The zero-order chi connectivity index (χ0) is 21.3. The van der Waals surface area contributed by atoms with E-state index in [1.807, 2.05) is 0 Å². The van der Waals surface area contributed by atoms with E-state index in [1.54, 1.807) is 46.2 Å². The molecule has 1 aliphatic heterocycles. The number of rotatable bonds is 8. The number of carbonyl (C=O) groups excluding carboxylic acids is 2. The Bertz CT molecular complexity index is 798. The van der Waals surface area contributed by atoms with Gasteiger partial charge in [0.25, 0.3) is 0 Å². The summed E-state index contributed by atoms with van der Waals surface area (Å²) in [5, 5.41) is 5.94. The smallest absolute Gasteiger partial charge is 0.236 e. The van der Waals surface area contributed by atoms with Crippen LogP contribution in [0, 0.1) is 11.6 Å². The van der Waals surface area contributed by atoms with Crippen LogP contribution in [0.25, 0.3) is 0 Å². The molecule has 6 nitrogen and oxygen atoms in total. The number of hydrogen-bond donors (Lipinski definition) is 2. The van der Waals surface area contributed by atoms with E-state index in [-0.39, 0.29) is 49.6 Å². The maximum Gasteiger partial charge on any atom is 0.236 e. The van der Waals surface area contributed by atoms with E-state index >= 15 is 0 Å². The number of carbonyl (C=O) groups is 2. The van der Waals surface area contributed by atoms with Crippen LogP contribution in [-0.4, -0.2) is 60.9 Å². The minimum atomic E-state index is -0.298. The van der Waals surface area contributed by atoms with Crippen molar-refractivity contribution in [3.63, 3.8) is 0 Å². The van der Waals surface area contributed by atoms with Gasteiger partial charge in [0.15, 0.2) is 0 Å². The zero-order valence-corrected chi connectivity index (χ0v) is 16.7. The lowest BCUT2D eigenvalue weighted by molar-refractivity contribution is -0.138. The van der Waals surface area contributed by atoms with Crippen LogP contribution in [0.1, 0.15) is 11.1 Å². The predicted molar refractivity (Wildman–Crippen MR) is 109 cm³/mol. The Kier molecular flexibility index (Phi) is 7.87. The molecule has 1 fully saturated rings. The predicted octanol–water partition coefficient (Wildman–Crippen LogP) is 1.52. The zero-order valence-electron chi connectivity index (χ0n) is 16.7. The van der Waals surface area contributed by atoms with Crippen molar-refractivity contribution in [2.45, 2.75) is 13.1 Å². The van der Waals surface area contributed by atoms with Crippen molar-refractivity contribution in [1.29, 1.82) is 0 Å². The highest BCUT2D eigenvalue weighted by Gasteiger charge is 2.23. The molecule has 0 aliphatic carbocycles. The van der Waals surface area contributed by atoms with Gasteiger partial charge < -0.3 is 20.4 Å². The van der Waals surface area contributed by atoms with Gasteiger partial charge in [0.2, 0.25) is 11.8 Å². The second-order valence-electron chi connectivity index (χ2n) is 7.15. The van der Waals surface area contributed by atoms with Crippen molar-refractivity contribution in [2.75, 3.05) is 39.3 Å². The molecule has 0 spiro atoms. The highest BCUT2D eigenvalue weighted by Crippen LogP contribution is 2.07. The molecule has 1 heterocycles. The molecule has 0 aromatic heterocycles. The Balaban J connectivity index is 1.34. The minimum Gasteiger partial charge on any atom is -0.338 e. The van der Waals surface area contributed by atoms with Gasteiger partial charge in [-0.15, -0.1) is 0 Å². The molecule has 2 aromatic carbocycles. The topological polar surface area (TPSA) is 64.7 Å². The van der Waals surface area contributed by atoms with E-state index in [2.05, 4.69) is 10.6 Å². The van der Waals surface area contributed by atoms with E-state index in [4.69, 9.17) is 0 Å². The summed E-state index contributed by atoms with van der Waals surface area (Å²) in [6.45, 7) is 2.63. The van der Waals surface area contributed by atoms with Crippen LogP contribution in [0.3, 0.4) is 0 Å². The Morgan fingerprint density at radius 3 is 1.43 bits per heavy atom. The number of hydrogen-bond acceptors (Lipinski definition) is 4. The first kappa shape index (κ1) is 21.9. The number of nitrogens with zero attached hydrogens (tertiary/aromatic N) is 2. The monoisotopic (exact) mass is 416 g/mol. The maximum atomic E-state index is 13.6. The van der Waals surface area contributed by atoms with Crippen molar-refractivity contribution < 1.29 is 18.4 Å². The molecule has 30 heavy (non-hydrogen) atoms. The molecule has 2 aromatic rings. The SMILES string of the molecule is O=C(CNCc1ccccc1F)N1CCN(C(=O)CNCc2ccccc2F)CC1. The molecule has 0 saturated carbocycles. The lowest BCUT2D eigenvalue weighted by Crippen LogP contribution is -2.53. The molecule has 8 heteroatoms. The molecular weight excluding hydrogens is 390 g/mol. The highest BCUT2D eigenvalue weighted by atomic mass is 19.1. The Morgan fingerprint density at radius 2 is 1.07 bits per heavy atom. The van der Waals surface area contributed by atoms with Crippen LogP contribution in [0.5, 0.6) is 0 Å². The van der Waals surface area contributed by atoms with Crippen LogP contribution < -0.4 is 10.6 Å². The van der Waals surface area contributed by atoms with Gasteiger partial charge in [0.05, 0.1) is 13.1 Å². The second kappa shape index (κ2) is 10.8. The van der Waals surface area contributed by atoms with Gasteiger partial charge >= 0.3 is 0 Å². The lowest BCUT2D eigenvalue weighted by atomic mass is 10.2. The molecular formula is C22H26F2N4O2. The van der Waals surface area contributed by atoms with Crippen LogP contribution in [0.4, 0.5) is 8.78 Å². The summed E-state index contributed by atoms with van der Waals surface area (Å²) >= 11 is 0. The summed E-state index contributed by atoms with van der Waals surface area (Å²) in [5.41, 5.74) is 1.03. The van der Waals surface area contributed by atoms with Crippen LogP contribution in [0.2, 0.25) is 0 Å². The summed E-state index contributed by atoms with van der Waals surface area (Å²) in [6.07, 6.45) is 0. The number of halogens is 2. The van der Waals surface area contributed by atoms with Gasteiger partial charge in [-0.3, -0.25) is 9.59 Å². The average Bonchev–Trinajstić information content (AvgIpc) is 2.76. The maximum absolute atomic E-state index is 13.6. The third kappa shape index (κ3) is 6.08. The molecule has 0 atom stereocenters. The quantitative estimate of drug-likeness (QED) is 0.685. The number of piperazine rings is 1. The number of amides is 2. The van der Waals surface area contributed by atoms with E-state index in [0.717, 1.165) is 0 Å². The van der Waals surface area contributed by atoms with Gasteiger partial charge in [-0.25, -0.2) is 8.78 Å². The van der Waals surface area contributed by atoms with Crippen LogP contribution in [0.15, 0.2) is 48.5 Å². The van der Waals surface area contributed by atoms with E-state index in [9.17, 15) is 18.4 Å². The minimum absolute atomic E-state index is 0.0730. The molecule has 3 rings (SSSR count). The molecule has 0 unspecified atom stereocenters. The Morgan fingerprint density at radius 1 is 0.700 bits per heavy atom. The van der Waals surface area contributed by atoms with Gasteiger partial charge in [-0.2, -0.15) is 0 Å². The van der Waals surface area contributed by atoms with Crippen molar-refractivity contribution >= 4 is 11.8 Å². The number of nitrogens with one attached hydrogen (secondary N) is 2. The summed E-state index contributed by atoms with van der Waals surface area (Å²) in [5.74, 6) is -0.742. The van der Waals surface area contributed by atoms with Crippen molar-refractivity contribution in [3.05, 3.63) is 71.3 Å². The summed E-state index contributed by atoms with van der Waals surface area (Å²) in [7, 11) is 0. The second-order valence-corrected chi connectivity index (χ2v) is 7.15. The van der Waals surface area contributed by atoms with Crippen molar-refractivity contribution in [2.24, 2.45) is 0 Å². The molecule has 0 radical (unpaired) electrons. The first-order valence-corrected chi connectivity index (χ1v) is 9.98. The molecule has 160 valence electrons. The number of benzene rings is 2. The standard InChI is InChI=1S/C22H26F2N4O2/c23-19-7-3-1-5-17(19)13-25-15-21(29)27-9-11-28(12-10-27)22(30)16-26-14-18-6-2-4-8-20(18)24/h1-8,25-26H,9-16H2. The van der Waals surface area contributed by atoms with Gasteiger partial charge in [0.1, 0.15) is 11.6 Å². The van der Waals surface area contributed by atoms with E-state index in [1.165, 1.54) is 12.1 Å². The van der Waals surface area contributed by atoms with Gasteiger partial charge in [-0.05, 0) is 12.1 Å². The van der Waals surface area contributed by atoms with Gasteiger partial charge in [0, 0.05) is 50.4 Å². The third-order valence-corrected chi connectivity index (χ3v) is 5.08. The molecule has 1 saturated heterocycles.